The number of halogens is 1. The van der Waals surface area contributed by atoms with Gasteiger partial charge in [0, 0.05) is 16.8 Å². The maximum Gasteiger partial charge on any atom is 0.358 e. The predicted molar refractivity (Wildman–Crippen MR) is 126 cm³/mol. The van der Waals surface area contributed by atoms with Crippen LogP contribution >= 0.6 is 0 Å². The summed E-state index contributed by atoms with van der Waals surface area (Å²) in [6.07, 6.45) is 0. The Hall–Kier alpha value is -4.46. The number of rotatable bonds is 7. The molecule has 1 aromatic heterocycles. The van der Waals surface area contributed by atoms with Crippen molar-refractivity contribution in [2.75, 3.05) is 19.0 Å². The van der Waals surface area contributed by atoms with E-state index in [-0.39, 0.29) is 17.9 Å². The molecular weight excluding hydrogens is 437 g/mol. The molecular formula is C26H22FN3O4. The molecule has 0 aliphatic carbocycles. The molecule has 0 spiro atoms. The zero-order chi connectivity index (χ0) is 24.1. The molecule has 3 aromatic carbocycles. The Morgan fingerprint density at radius 3 is 2.47 bits per heavy atom. The number of anilines is 1. The highest BCUT2D eigenvalue weighted by atomic mass is 19.1. The summed E-state index contributed by atoms with van der Waals surface area (Å²) in [6, 6.07) is 21.4. The first kappa shape index (κ1) is 22.7. The zero-order valence-electron chi connectivity index (χ0n) is 18.6. The van der Waals surface area contributed by atoms with Crippen molar-refractivity contribution in [2.45, 2.75) is 6.92 Å². The van der Waals surface area contributed by atoms with Crippen LogP contribution in [0.15, 0.2) is 78.9 Å². The van der Waals surface area contributed by atoms with Crippen molar-refractivity contribution in [1.82, 2.24) is 9.78 Å². The number of methoxy groups -OCH3 is 1. The fourth-order valence-corrected chi connectivity index (χ4v) is 3.40. The number of carbonyl (C=O) groups excluding carboxylic acids is 2. The van der Waals surface area contributed by atoms with Gasteiger partial charge in [0.2, 0.25) is 0 Å². The van der Waals surface area contributed by atoms with E-state index in [0.717, 1.165) is 0 Å². The average Bonchev–Trinajstić information content (AvgIpc) is 3.30. The van der Waals surface area contributed by atoms with Crippen LogP contribution in [0.5, 0.6) is 5.75 Å². The van der Waals surface area contributed by atoms with Crippen molar-refractivity contribution in [3.63, 3.8) is 0 Å². The fourth-order valence-electron chi connectivity index (χ4n) is 3.40. The van der Waals surface area contributed by atoms with Crippen LogP contribution in [-0.2, 0) is 4.74 Å². The molecule has 0 aliphatic heterocycles. The van der Waals surface area contributed by atoms with Crippen molar-refractivity contribution in [3.8, 4) is 22.7 Å². The molecule has 0 bridgehead atoms. The minimum absolute atomic E-state index is 0.155. The molecule has 1 heterocycles. The van der Waals surface area contributed by atoms with Crippen molar-refractivity contribution in [1.29, 1.82) is 0 Å². The topological polar surface area (TPSA) is 82.5 Å². The average molecular weight is 459 g/mol. The van der Waals surface area contributed by atoms with E-state index < -0.39 is 17.7 Å². The number of nitrogens with one attached hydrogen (secondary N) is 1. The van der Waals surface area contributed by atoms with Crippen LogP contribution < -0.4 is 10.1 Å². The molecule has 1 amide bonds. The van der Waals surface area contributed by atoms with Crippen LogP contribution in [0.1, 0.15) is 27.8 Å². The van der Waals surface area contributed by atoms with Crippen molar-refractivity contribution in [2.24, 2.45) is 0 Å². The number of hydrogen-bond acceptors (Lipinski definition) is 5. The minimum atomic E-state index is -0.536. The summed E-state index contributed by atoms with van der Waals surface area (Å²) < 4.78 is 25.5. The van der Waals surface area contributed by atoms with Crippen molar-refractivity contribution >= 4 is 17.6 Å². The largest absolute Gasteiger partial charge is 0.497 e. The third kappa shape index (κ3) is 4.96. The Bertz CT molecular complexity index is 1330. The van der Waals surface area contributed by atoms with Crippen LogP contribution in [0.3, 0.4) is 0 Å². The van der Waals surface area contributed by atoms with Gasteiger partial charge in [0.05, 0.1) is 25.1 Å². The standard InChI is InChI=1S/C26H22FN3O4/c1-3-34-26(32)23-16-24(30(29-23)21-10-12-22(33-2)13-11-21)17-6-5-9-20(15-17)28-25(31)18-7-4-8-19(27)14-18/h4-16H,3H2,1-2H3,(H,28,31). The van der Waals surface area contributed by atoms with Crippen LogP contribution in [-0.4, -0.2) is 35.4 Å². The van der Waals surface area contributed by atoms with Crippen LogP contribution in [0, 0.1) is 5.82 Å². The summed E-state index contributed by atoms with van der Waals surface area (Å²) in [4.78, 5) is 24.9. The van der Waals surface area contributed by atoms with Gasteiger partial charge < -0.3 is 14.8 Å². The van der Waals surface area contributed by atoms with E-state index in [1.54, 1.807) is 55.1 Å². The van der Waals surface area contributed by atoms with Gasteiger partial charge in [0.15, 0.2) is 5.69 Å². The molecule has 4 rings (SSSR count). The third-order valence-corrected chi connectivity index (χ3v) is 5.01. The molecule has 0 fully saturated rings. The highest BCUT2D eigenvalue weighted by Gasteiger charge is 2.18. The fraction of sp³-hybridized carbons (Fsp3) is 0.115. The maximum absolute atomic E-state index is 13.5. The Balaban J connectivity index is 1.71. The number of hydrogen-bond donors (Lipinski definition) is 1. The summed E-state index contributed by atoms with van der Waals surface area (Å²) >= 11 is 0. The molecule has 0 atom stereocenters. The summed E-state index contributed by atoms with van der Waals surface area (Å²) in [5, 5.41) is 7.23. The zero-order valence-corrected chi connectivity index (χ0v) is 18.6. The second-order valence-corrected chi connectivity index (χ2v) is 7.29. The molecule has 8 heteroatoms. The van der Waals surface area contributed by atoms with E-state index in [1.807, 2.05) is 18.2 Å². The number of ether oxygens (including phenoxy) is 2. The molecule has 1 N–H and O–H groups in total. The Morgan fingerprint density at radius 2 is 1.76 bits per heavy atom. The van der Waals surface area contributed by atoms with E-state index in [4.69, 9.17) is 9.47 Å². The molecule has 4 aromatic rings. The lowest BCUT2D eigenvalue weighted by molar-refractivity contribution is 0.0519. The van der Waals surface area contributed by atoms with Gasteiger partial charge in [0.1, 0.15) is 11.6 Å². The quantitative estimate of drug-likeness (QED) is 0.388. The van der Waals surface area contributed by atoms with Crippen LogP contribution in [0.25, 0.3) is 16.9 Å². The molecule has 172 valence electrons. The highest BCUT2D eigenvalue weighted by molar-refractivity contribution is 6.04. The second kappa shape index (κ2) is 9.99. The smallest absolute Gasteiger partial charge is 0.358 e. The number of nitrogens with zero attached hydrogens (tertiary/aromatic N) is 2. The number of amides is 1. The van der Waals surface area contributed by atoms with E-state index in [2.05, 4.69) is 10.4 Å². The van der Waals surface area contributed by atoms with E-state index >= 15 is 0 Å². The monoisotopic (exact) mass is 459 g/mol. The van der Waals surface area contributed by atoms with Gasteiger partial charge in [-0.25, -0.2) is 13.9 Å². The third-order valence-electron chi connectivity index (χ3n) is 5.01. The van der Waals surface area contributed by atoms with Gasteiger partial charge in [-0.1, -0.05) is 18.2 Å². The Kier molecular flexibility index (Phi) is 6.68. The lowest BCUT2D eigenvalue weighted by atomic mass is 10.1. The van der Waals surface area contributed by atoms with Crippen molar-refractivity contribution in [3.05, 3.63) is 95.9 Å². The molecule has 0 saturated carbocycles. The summed E-state index contributed by atoms with van der Waals surface area (Å²) in [6.45, 7) is 1.95. The number of carbonyl (C=O) groups is 2. The molecule has 0 aliphatic rings. The lowest BCUT2D eigenvalue weighted by Crippen LogP contribution is -2.12. The minimum Gasteiger partial charge on any atom is -0.497 e. The normalized spacial score (nSPS) is 10.6. The molecule has 0 saturated heterocycles. The molecule has 0 unspecified atom stereocenters. The lowest BCUT2D eigenvalue weighted by Gasteiger charge is -2.11. The summed E-state index contributed by atoms with van der Waals surface area (Å²) in [7, 11) is 1.58. The van der Waals surface area contributed by atoms with Gasteiger partial charge in [-0.3, -0.25) is 4.79 Å². The van der Waals surface area contributed by atoms with Crippen molar-refractivity contribution < 1.29 is 23.5 Å². The molecule has 0 radical (unpaired) electrons. The number of aromatic nitrogens is 2. The summed E-state index contributed by atoms with van der Waals surface area (Å²) in [5.74, 6) is -0.777. The number of benzene rings is 3. The SMILES string of the molecule is CCOC(=O)c1cc(-c2cccc(NC(=O)c3cccc(F)c3)c2)n(-c2ccc(OC)cc2)n1. The molecule has 7 nitrogen and oxygen atoms in total. The van der Waals surface area contributed by atoms with Crippen LogP contribution in [0.2, 0.25) is 0 Å². The van der Waals surface area contributed by atoms with E-state index in [1.165, 1.54) is 24.3 Å². The van der Waals surface area contributed by atoms with Crippen LogP contribution in [0.4, 0.5) is 10.1 Å². The Morgan fingerprint density at radius 1 is 1.00 bits per heavy atom. The van der Waals surface area contributed by atoms with Gasteiger partial charge in [0.25, 0.3) is 5.91 Å². The van der Waals surface area contributed by atoms with Gasteiger partial charge in [-0.05, 0) is 67.6 Å². The first-order chi connectivity index (χ1) is 16.5. The van der Waals surface area contributed by atoms with E-state index in [0.29, 0.717) is 28.4 Å². The summed E-state index contributed by atoms with van der Waals surface area (Å²) in [5.41, 5.74) is 2.90. The predicted octanol–water partition coefficient (Wildman–Crippen LogP) is 5.12. The Labute approximate surface area is 195 Å². The molecule has 34 heavy (non-hydrogen) atoms. The van der Waals surface area contributed by atoms with Gasteiger partial charge in [-0.2, -0.15) is 5.10 Å². The second-order valence-electron chi connectivity index (χ2n) is 7.29. The van der Waals surface area contributed by atoms with Gasteiger partial charge >= 0.3 is 5.97 Å². The number of esters is 1. The highest BCUT2D eigenvalue weighted by Crippen LogP contribution is 2.28. The van der Waals surface area contributed by atoms with E-state index in [9.17, 15) is 14.0 Å². The maximum atomic E-state index is 13.5. The van der Waals surface area contributed by atoms with Gasteiger partial charge in [-0.15, -0.1) is 0 Å². The first-order valence-corrected chi connectivity index (χ1v) is 10.6. The first-order valence-electron chi connectivity index (χ1n) is 10.6.